The van der Waals surface area contributed by atoms with Gasteiger partial charge in [0.2, 0.25) is 17.7 Å². The molecule has 2 aliphatic heterocycles. The SMILES string of the molecule is CCC(CC)C(=O)N1CCC2(C1)CN(c1ccsc1)C(=O)CN2C(C)=O. The summed E-state index contributed by atoms with van der Waals surface area (Å²) in [4.78, 5) is 43.1. The van der Waals surface area contributed by atoms with Crippen molar-refractivity contribution in [3.63, 3.8) is 0 Å². The maximum atomic E-state index is 12.8. The largest absolute Gasteiger partial charge is 0.340 e. The van der Waals surface area contributed by atoms with E-state index in [2.05, 4.69) is 0 Å². The summed E-state index contributed by atoms with van der Waals surface area (Å²) in [5, 5.41) is 3.90. The van der Waals surface area contributed by atoms with Crippen molar-refractivity contribution in [2.24, 2.45) is 5.92 Å². The van der Waals surface area contributed by atoms with Gasteiger partial charge in [-0.05, 0) is 30.7 Å². The van der Waals surface area contributed by atoms with Gasteiger partial charge in [-0.15, -0.1) is 0 Å². The molecule has 3 heterocycles. The van der Waals surface area contributed by atoms with Gasteiger partial charge in [-0.3, -0.25) is 14.4 Å². The highest BCUT2D eigenvalue weighted by atomic mass is 32.1. The lowest BCUT2D eigenvalue weighted by Gasteiger charge is -2.48. The molecule has 1 aromatic heterocycles. The lowest BCUT2D eigenvalue weighted by Crippen LogP contribution is -2.67. The Balaban J connectivity index is 1.86. The van der Waals surface area contributed by atoms with Gasteiger partial charge in [0.1, 0.15) is 6.54 Å². The minimum Gasteiger partial charge on any atom is -0.340 e. The molecule has 2 aliphatic rings. The van der Waals surface area contributed by atoms with Gasteiger partial charge in [-0.1, -0.05) is 13.8 Å². The molecule has 0 aromatic carbocycles. The zero-order valence-electron chi connectivity index (χ0n) is 15.7. The second kappa shape index (κ2) is 7.39. The highest BCUT2D eigenvalue weighted by Gasteiger charge is 2.51. The standard InChI is InChI=1S/C19H27N3O3S/c1-4-15(5-2)18(25)20-8-7-19(12-20)13-21(16-6-9-26-11-16)17(24)10-22(19)14(3)23/h6,9,11,15H,4-5,7-8,10,12-13H2,1-3H3. The molecule has 1 unspecified atom stereocenters. The summed E-state index contributed by atoms with van der Waals surface area (Å²) in [5.74, 6) is 0.0534. The minimum atomic E-state index is -0.483. The molecule has 3 rings (SSSR count). The van der Waals surface area contributed by atoms with E-state index in [1.807, 2.05) is 35.6 Å². The van der Waals surface area contributed by atoms with Crippen LogP contribution in [-0.4, -0.2) is 59.2 Å². The lowest BCUT2D eigenvalue weighted by atomic mass is 9.91. The van der Waals surface area contributed by atoms with E-state index in [0.29, 0.717) is 26.1 Å². The number of carbonyl (C=O) groups is 3. The first-order chi connectivity index (χ1) is 12.4. The summed E-state index contributed by atoms with van der Waals surface area (Å²) < 4.78 is 0. The van der Waals surface area contributed by atoms with E-state index in [0.717, 1.165) is 18.5 Å². The average molecular weight is 378 g/mol. The van der Waals surface area contributed by atoms with Gasteiger partial charge < -0.3 is 14.7 Å². The number of rotatable bonds is 4. The van der Waals surface area contributed by atoms with Crippen LogP contribution in [-0.2, 0) is 14.4 Å². The number of likely N-dealkylation sites (tertiary alicyclic amines) is 1. The molecule has 26 heavy (non-hydrogen) atoms. The number of carbonyl (C=O) groups excluding carboxylic acids is 3. The van der Waals surface area contributed by atoms with Crippen LogP contribution in [0.5, 0.6) is 0 Å². The fourth-order valence-corrected chi connectivity index (χ4v) is 4.88. The Bertz CT molecular complexity index is 686. The molecule has 0 bridgehead atoms. The molecule has 142 valence electrons. The van der Waals surface area contributed by atoms with E-state index in [9.17, 15) is 14.4 Å². The van der Waals surface area contributed by atoms with Crippen LogP contribution in [0.15, 0.2) is 16.8 Å². The smallest absolute Gasteiger partial charge is 0.246 e. The molecular formula is C19H27N3O3S. The van der Waals surface area contributed by atoms with E-state index >= 15 is 0 Å². The highest BCUT2D eigenvalue weighted by Crippen LogP contribution is 2.36. The van der Waals surface area contributed by atoms with E-state index in [-0.39, 0.29) is 30.2 Å². The first-order valence-electron chi connectivity index (χ1n) is 9.31. The normalized spacial score (nSPS) is 23.4. The molecule has 1 aromatic rings. The second-order valence-electron chi connectivity index (χ2n) is 7.31. The Morgan fingerprint density at radius 2 is 2.00 bits per heavy atom. The Morgan fingerprint density at radius 3 is 2.58 bits per heavy atom. The Hall–Kier alpha value is -1.89. The molecule has 1 atom stereocenters. The number of nitrogens with zero attached hydrogens (tertiary/aromatic N) is 3. The Morgan fingerprint density at radius 1 is 1.27 bits per heavy atom. The van der Waals surface area contributed by atoms with Gasteiger partial charge in [-0.2, -0.15) is 11.3 Å². The Kier molecular flexibility index (Phi) is 5.37. The van der Waals surface area contributed by atoms with Crippen LogP contribution in [0.2, 0.25) is 0 Å². The monoisotopic (exact) mass is 377 g/mol. The molecule has 6 nitrogen and oxygen atoms in total. The van der Waals surface area contributed by atoms with Crippen molar-refractivity contribution in [2.75, 3.05) is 31.1 Å². The van der Waals surface area contributed by atoms with Crippen LogP contribution in [0.25, 0.3) is 0 Å². The molecule has 1 spiro atoms. The zero-order valence-corrected chi connectivity index (χ0v) is 16.6. The average Bonchev–Trinajstić information content (AvgIpc) is 3.28. The molecule has 0 radical (unpaired) electrons. The summed E-state index contributed by atoms with van der Waals surface area (Å²) in [6.07, 6.45) is 2.37. The van der Waals surface area contributed by atoms with Gasteiger partial charge in [-0.25, -0.2) is 0 Å². The molecule has 0 N–H and O–H groups in total. The van der Waals surface area contributed by atoms with Crippen molar-refractivity contribution in [3.05, 3.63) is 16.8 Å². The maximum Gasteiger partial charge on any atom is 0.246 e. The van der Waals surface area contributed by atoms with Gasteiger partial charge >= 0.3 is 0 Å². The number of thiophene rings is 1. The van der Waals surface area contributed by atoms with Crippen molar-refractivity contribution in [1.82, 2.24) is 9.80 Å². The third-order valence-electron chi connectivity index (χ3n) is 5.80. The number of hydrogen-bond donors (Lipinski definition) is 0. The highest BCUT2D eigenvalue weighted by molar-refractivity contribution is 7.08. The van der Waals surface area contributed by atoms with Crippen molar-refractivity contribution in [1.29, 1.82) is 0 Å². The van der Waals surface area contributed by atoms with Crippen LogP contribution in [0, 0.1) is 5.92 Å². The van der Waals surface area contributed by atoms with Crippen molar-refractivity contribution in [3.8, 4) is 0 Å². The predicted octanol–water partition coefficient (Wildman–Crippen LogP) is 2.35. The van der Waals surface area contributed by atoms with Crippen LogP contribution in [0.1, 0.15) is 40.0 Å². The molecule has 0 aliphatic carbocycles. The van der Waals surface area contributed by atoms with Crippen molar-refractivity contribution in [2.45, 2.75) is 45.6 Å². The first-order valence-corrected chi connectivity index (χ1v) is 10.3. The van der Waals surface area contributed by atoms with Crippen molar-refractivity contribution >= 4 is 34.7 Å². The van der Waals surface area contributed by atoms with Crippen LogP contribution < -0.4 is 4.90 Å². The number of hydrogen-bond acceptors (Lipinski definition) is 4. The summed E-state index contributed by atoms with van der Waals surface area (Å²) in [6, 6.07) is 1.93. The van der Waals surface area contributed by atoms with Gasteiger partial charge in [0.05, 0.1) is 17.8 Å². The molecular weight excluding hydrogens is 350 g/mol. The predicted molar refractivity (Wildman–Crippen MR) is 102 cm³/mol. The third kappa shape index (κ3) is 3.24. The van der Waals surface area contributed by atoms with Gasteiger partial charge in [0.15, 0.2) is 0 Å². The molecule has 7 heteroatoms. The zero-order chi connectivity index (χ0) is 18.9. The van der Waals surface area contributed by atoms with Crippen LogP contribution in [0.3, 0.4) is 0 Å². The number of amides is 3. The van der Waals surface area contributed by atoms with Crippen LogP contribution >= 0.6 is 11.3 Å². The lowest BCUT2D eigenvalue weighted by molar-refractivity contribution is -0.144. The maximum absolute atomic E-state index is 12.8. The summed E-state index contributed by atoms with van der Waals surface area (Å²) in [7, 11) is 0. The summed E-state index contributed by atoms with van der Waals surface area (Å²) >= 11 is 1.55. The number of anilines is 1. The second-order valence-corrected chi connectivity index (χ2v) is 8.09. The van der Waals surface area contributed by atoms with Crippen molar-refractivity contribution < 1.29 is 14.4 Å². The number of piperazine rings is 1. The van der Waals surface area contributed by atoms with Gasteiger partial charge in [0.25, 0.3) is 0 Å². The molecule has 2 saturated heterocycles. The summed E-state index contributed by atoms with van der Waals surface area (Å²) in [6.45, 7) is 7.28. The minimum absolute atomic E-state index is 0.0362. The van der Waals surface area contributed by atoms with Crippen LogP contribution in [0.4, 0.5) is 5.69 Å². The first kappa shape index (κ1) is 18.9. The Labute approximate surface area is 158 Å². The van der Waals surface area contributed by atoms with E-state index in [1.54, 1.807) is 21.1 Å². The summed E-state index contributed by atoms with van der Waals surface area (Å²) in [5.41, 5.74) is 0.399. The fraction of sp³-hybridized carbons (Fsp3) is 0.632. The van der Waals surface area contributed by atoms with Gasteiger partial charge in [0, 0.05) is 31.3 Å². The van der Waals surface area contributed by atoms with E-state index in [4.69, 9.17) is 0 Å². The molecule has 3 amide bonds. The fourth-order valence-electron chi connectivity index (χ4n) is 4.24. The van der Waals surface area contributed by atoms with E-state index in [1.165, 1.54) is 6.92 Å². The quantitative estimate of drug-likeness (QED) is 0.809. The topological polar surface area (TPSA) is 60.9 Å². The third-order valence-corrected chi connectivity index (χ3v) is 6.47. The van der Waals surface area contributed by atoms with E-state index < -0.39 is 5.54 Å². The molecule has 0 saturated carbocycles. The molecule has 2 fully saturated rings.